The molecule has 6 nitrogen and oxygen atoms in total. The van der Waals surface area contributed by atoms with Crippen molar-refractivity contribution in [1.82, 2.24) is 9.42 Å². The monoisotopic (exact) mass is 360 g/mol. The predicted molar refractivity (Wildman–Crippen MR) is 93.1 cm³/mol. The Labute approximate surface area is 147 Å². The summed E-state index contributed by atoms with van der Waals surface area (Å²) in [6, 6.07) is 15.6. The smallest absolute Gasteiger partial charge is 0.425 e. The number of hydrogen-bond donors (Lipinski definition) is 0. The van der Waals surface area contributed by atoms with E-state index in [1.165, 1.54) is 12.1 Å². The summed E-state index contributed by atoms with van der Waals surface area (Å²) in [5.41, 5.74) is 1.84. The van der Waals surface area contributed by atoms with E-state index in [2.05, 4.69) is 0 Å². The molecule has 1 saturated heterocycles. The van der Waals surface area contributed by atoms with Crippen LogP contribution in [-0.4, -0.2) is 37.6 Å². The molecule has 2 aromatic rings. The van der Waals surface area contributed by atoms with Crippen LogP contribution in [0.25, 0.3) is 0 Å². The van der Waals surface area contributed by atoms with Gasteiger partial charge < -0.3 is 4.74 Å². The highest BCUT2D eigenvalue weighted by atomic mass is 32.2. The molecule has 0 aromatic heterocycles. The zero-order chi connectivity index (χ0) is 18.0. The van der Waals surface area contributed by atoms with Gasteiger partial charge in [0, 0.05) is 6.54 Å². The van der Waals surface area contributed by atoms with Crippen molar-refractivity contribution in [2.24, 2.45) is 0 Å². The molecule has 2 aromatic carbocycles. The summed E-state index contributed by atoms with van der Waals surface area (Å²) in [5, 5.41) is 1.20. The van der Waals surface area contributed by atoms with Gasteiger partial charge >= 0.3 is 6.09 Å². The first kappa shape index (κ1) is 17.4. The number of sulfonamides is 1. The number of rotatable bonds is 3. The van der Waals surface area contributed by atoms with Crippen molar-refractivity contribution in [3.63, 3.8) is 0 Å². The fourth-order valence-electron chi connectivity index (χ4n) is 2.98. The molecule has 7 heteroatoms. The summed E-state index contributed by atoms with van der Waals surface area (Å²) < 4.78 is 32.0. The molecule has 0 spiro atoms. The van der Waals surface area contributed by atoms with E-state index < -0.39 is 16.1 Å². The van der Waals surface area contributed by atoms with Crippen molar-refractivity contribution in [1.29, 1.82) is 0 Å². The van der Waals surface area contributed by atoms with E-state index in [4.69, 9.17) is 4.74 Å². The second kappa shape index (κ2) is 6.85. The van der Waals surface area contributed by atoms with Crippen LogP contribution in [0.1, 0.15) is 23.6 Å². The normalized spacial score (nSPS) is 18.3. The molecule has 3 rings (SSSR count). The highest BCUT2D eigenvalue weighted by molar-refractivity contribution is 7.89. The van der Waals surface area contributed by atoms with Crippen molar-refractivity contribution < 1.29 is 17.9 Å². The van der Waals surface area contributed by atoms with Gasteiger partial charge in [-0.1, -0.05) is 48.0 Å². The Bertz CT molecular complexity index is 850. The topological polar surface area (TPSA) is 66.9 Å². The third-order valence-corrected chi connectivity index (χ3v) is 6.05. The first-order chi connectivity index (χ1) is 11.9. The van der Waals surface area contributed by atoms with Crippen LogP contribution in [0, 0.1) is 6.92 Å². The Hall–Kier alpha value is -2.38. The third kappa shape index (κ3) is 3.25. The predicted octanol–water partition coefficient (Wildman–Crippen LogP) is 3.11. The van der Waals surface area contributed by atoms with Gasteiger partial charge in [0.2, 0.25) is 0 Å². The quantitative estimate of drug-likeness (QED) is 0.843. The molecular formula is C18H20N2O4S. The van der Waals surface area contributed by atoms with Crippen LogP contribution >= 0.6 is 0 Å². The molecule has 0 radical (unpaired) electrons. The number of hydrazine groups is 1. The molecular weight excluding hydrogens is 340 g/mol. The van der Waals surface area contributed by atoms with Gasteiger partial charge in [0.25, 0.3) is 10.0 Å². The van der Waals surface area contributed by atoms with Gasteiger partial charge in [-0.05, 0) is 31.0 Å². The molecule has 0 aliphatic carbocycles. The maximum Gasteiger partial charge on any atom is 0.425 e. The molecule has 25 heavy (non-hydrogen) atoms. The van der Waals surface area contributed by atoms with E-state index >= 15 is 0 Å². The van der Waals surface area contributed by atoms with Gasteiger partial charge in [-0.2, -0.15) is 0 Å². The molecule has 1 atom stereocenters. The molecule has 1 aliphatic rings. The minimum Gasteiger partial charge on any atom is -0.452 e. The number of amides is 1. The van der Waals surface area contributed by atoms with Gasteiger partial charge in [-0.3, -0.25) is 0 Å². The van der Waals surface area contributed by atoms with Crippen LogP contribution in [0.4, 0.5) is 4.79 Å². The molecule has 1 heterocycles. The number of hydrogen-bond acceptors (Lipinski definition) is 4. The molecule has 0 saturated carbocycles. The van der Waals surface area contributed by atoms with Gasteiger partial charge in [-0.15, -0.1) is 4.41 Å². The maximum atomic E-state index is 13.0. The number of nitrogens with zero attached hydrogens (tertiary/aromatic N) is 2. The number of aryl methyl sites for hydroxylation is 1. The zero-order valence-electron chi connectivity index (χ0n) is 14.1. The van der Waals surface area contributed by atoms with E-state index in [0.717, 1.165) is 15.5 Å². The average molecular weight is 360 g/mol. The van der Waals surface area contributed by atoms with Crippen molar-refractivity contribution >= 4 is 16.1 Å². The summed E-state index contributed by atoms with van der Waals surface area (Å²) in [6.45, 7) is 2.10. The van der Waals surface area contributed by atoms with Gasteiger partial charge in [0.15, 0.2) is 0 Å². The Balaban J connectivity index is 2.00. The number of benzene rings is 2. The molecule has 0 bridgehead atoms. The first-order valence-electron chi connectivity index (χ1n) is 7.96. The zero-order valence-corrected chi connectivity index (χ0v) is 14.9. The lowest BCUT2D eigenvalue weighted by molar-refractivity contribution is 0.0521. The molecule has 1 aliphatic heterocycles. The van der Waals surface area contributed by atoms with Crippen LogP contribution in [0.3, 0.4) is 0 Å². The lowest BCUT2D eigenvalue weighted by Gasteiger charge is -2.30. The fraction of sp³-hybridized carbons (Fsp3) is 0.278. The Morgan fingerprint density at radius 3 is 2.32 bits per heavy atom. The van der Waals surface area contributed by atoms with Gasteiger partial charge in [0.05, 0.1) is 18.0 Å². The minimum atomic E-state index is -3.84. The van der Waals surface area contributed by atoms with Crippen LogP contribution in [0.5, 0.6) is 0 Å². The maximum absolute atomic E-state index is 13.0. The van der Waals surface area contributed by atoms with Crippen molar-refractivity contribution in [2.45, 2.75) is 24.3 Å². The largest absolute Gasteiger partial charge is 0.452 e. The standard InChI is InChI=1S/C18H20N2O4S/c1-14-8-10-16(11-9-14)25(22,23)19-13-12-17(20(19)18(21)24-2)15-6-4-3-5-7-15/h3-11,17H,12-13H2,1-2H3. The summed E-state index contributed by atoms with van der Waals surface area (Å²) in [4.78, 5) is 12.5. The molecule has 1 unspecified atom stereocenters. The highest BCUT2D eigenvalue weighted by Gasteiger charge is 2.44. The Morgan fingerprint density at radius 2 is 1.72 bits per heavy atom. The van der Waals surface area contributed by atoms with Crippen molar-refractivity contribution in [3.05, 3.63) is 65.7 Å². The number of carbonyl (C=O) groups excluding carboxylic acids is 1. The lowest BCUT2D eigenvalue weighted by atomic mass is 10.1. The van der Waals surface area contributed by atoms with Gasteiger partial charge in [-0.25, -0.2) is 18.2 Å². The van der Waals surface area contributed by atoms with Crippen LogP contribution < -0.4 is 0 Å². The van der Waals surface area contributed by atoms with E-state index in [1.807, 2.05) is 37.3 Å². The number of ether oxygens (including phenoxy) is 1. The Kier molecular flexibility index (Phi) is 4.78. The van der Waals surface area contributed by atoms with Crippen LogP contribution in [0.15, 0.2) is 59.5 Å². The molecule has 0 N–H and O–H groups in total. The molecule has 1 fully saturated rings. The van der Waals surface area contributed by atoms with E-state index in [1.54, 1.807) is 24.3 Å². The van der Waals surface area contributed by atoms with Crippen molar-refractivity contribution in [3.8, 4) is 0 Å². The summed E-state index contributed by atoms with van der Waals surface area (Å²) in [6.07, 6.45) is -0.188. The number of methoxy groups -OCH3 is 1. The minimum absolute atomic E-state index is 0.153. The van der Waals surface area contributed by atoms with E-state index in [-0.39, 0.29) is 17.5 Å². The average Bonchev–Trinajstić information content (AvgIpc) is 3.08. The fourth-order valence-corrected chi connectivity index (χ4v) is 4.46. The summed E-state index contributed by atoms with van der Waals surface area (Å²) in [7, 11) is -2.59. The van der Waals surface area contributed by atoms with Crippen molar-refractivity contribution in [2.75, 3.05) is 13.7 Å². The third-order valence-electron chi connectivity index (χ3n) is 4.27. The number of carbonyl (C=O) groups is 1. The second-order valence-corrected chi connectivity index (χ2v) is 7.74. The first-order valence-corrected chi connectivity index (χ1v) is 9.40. The van der Waals surface area contributed by atoms with Gasteiger partial charge in [0.1, 0.15) is 0 Å². The highest BCUT2D eigenvalue weighted by Crippen LogP contribution is 2.36. The molecule has 132 valence electrons. The Morgan fingerprint density at radius 1 is 1.08 bits per heavy atom. The van der Waals surface area contributed by atoms with Crippen LogP contribution in [-0.2, 0) is 14.8 Å². The summed E-state index contributed by atoms with van der Waals surface area (Å²) >= 11 is 0. The lowest BCUT2D eigenvalue weighted by Crippen LogP contribution is -2.45. The summed E-state index contributed by atoms with van der Waals surface area (Å²) in [5.74, 6) is 0. The van der Waals surface area contributed by atoms with E-state index in [9.17, 15) is 13.2 Å². The van der Waals surface area contributed by atoms with E-state index in [0.29, 0.717) is 6.42 Å². The second-order valence-electron chi connectivity index (χ2n) is 5.89. The van der Waals surface area contributed by atoms with Crippen LogP contribution in [0.2, 0.25) is 0 Å². The molecule has 1 amide bonds. The SMILES string of the molecule is COC(=O)N1C(c2ccccc2)CCN1S(=O)(=O)c1ccc(C)cc1.